The maximum atomic E-state index is 13.0. The third kappa shape index (κ3) is 3.13. The van der Waals surface area contributed by atoms with Gasteiger partial charge in [-0.3, -0.25) is 9.59 Å². The molecule has 25 heavy (non-hydrogen) atoms. The van der Waals surface area contributed by atoms with Crippen LogP contribution in [-0.4, -0.2) is 35.8 Å². The van der Waals surface area contributed by atoms with Crippen molar-refractivity contribution in [3.63, 3.8) is 0 Å². The van der Waals surface area contributed by atoms with Crippen molar-refractivity contribution in [2.24, 2.45) is 5.92 Å². The van der Waals surface area contributed by atoms with Crippen LogP contribution < -0.4 is 5.32 Å². The lowest BCUT2D eigenvalue weighted by Crippen LogP contribution is -2.45. The molecule has 0 unspecified atom stereocenters. The van der Waals surface area contributed by atoms with Gasteiger partial charge in [-0.15, -0.1) is 0 Å². The van der Waals surface area contributed by atoms with E-state index < -0.39 is 0 Å². The van der Waals surface area contributed by atoms with Crippen LogP contribution in [0.1, 0.15) is 41.8 Å². The minimum absolute atomic E-state index is 0.0735. The largest absolute Gasteiger partial charge is 0.449 e. The molecule has 132 valence electrons. The van der Waals surface area contributed by atoms with Gasteiger partial charge in [0, 0.05) is 30.1 Å². The van der Waals surface area contributed by atoms with Crippen LogP contribution in [0.15, 0.2) is 22.6 Å². The quantitative estimate of drug-likeness (QED) is 0.910. The summed E-state index contributed by atoms with van der Waals surface area (Å²) in [6, 6.07) is 5.85. The summed E-state index contributed by atoms with van der Waals surface area (Å²) >= 11 is 6.18. The number of carbonyl (C=O) groups excluding carboxylic acids is 2. The Balaban J connectivity index is 1.55. The van der Waals surface area contributed by atoms with E-state index in [1.54, 1.807) is 11.0 Å². The molecule has 1 saturated carbocycles. The number of carbonyl (C=O) groups is 2. The van der Waals surface area contributed by atoms with E-state index in [-0.39, 0.29) is 17.7 Å². The molecule has 2 aliphatic rings. The summed E-state index contributed by atoms with van der Waals surface area (Å²) in [4.78, 5) is 27.0. The van der Waals surface area contributed by atoms with Crippen molar-refractivity contribution in [3.05, 3.63) is 34.5 Å². The molecule has 0 bridgehead atoms. The van der Waals surface area contributed by atoms with E-state index >= 15 is 0 Å². The number of piperidine rings is 1. The summed E-state index contributed by atoms with van der Waals surface area (Å²) in [5.74, 6) is 0.107. The topological polar surface area (TPSA) is 62.6 Å². The van der Waals surface area contributed by atoms with Gasteiger partial charge in [-0.05, 0) is 38.7 Å². The van der Waals surface area contributed by atoms with Gasteiger partial charge >= 0.3 is 0 Å². The molecule has 1 atom stereocenters. The number of benzene rings is 1. The van der Waals surface area contributed by atoms with Gasteiger partial charge < -0.3 is 14.6 Å². The molecular formula is C19H21ClN2O3. The standard InChI is InChI=1S/C19H21ClN2O3/c1-11-14-5-2-6-15(20)17(14)25-16(11)19(24)22-9-3-4-12(10-22)18(23)21-13-7-8-13/h2,5-6,12-13H,3-4,7-10H2,1H3,(H,21,23)/t12-/m0/s1. The number of aryl methyl sites for hydroxylation is 1. The molecule has 1 saturated heterocycles. The Hall–Kier alpha value is -2.01. The van der Waals surface area contributed by atoms with Gasteiger partial charge in [-0.2, -0.15) is 0 Å². The zero-order valence-electron chi connectivity index (χ0n) is 14.2. The van der Waals surface area contributed by atoms with E-state index in [1.807, 2.05) is 19.1 Å². The van der Waals surface area contributed by atoms with Crippen molar-refractivity contribution in [2.45, 2.75) is 38.6 Å². The summed E-state index contributed by atoms with van der Waals surface area (Å²) in [7, 11) is 0. The highest BCUT2D eigenvalue weighted by atomic mass is 35.5. The predicted octanol–water partition coefficient (Wildman–Crippen LogP) is 3.53. The lowest BCUT2D eigenvalue weighted by molar-refractivity contribution is -0.126. The summed E-state index contributed by atoms with van der Waals surface area (Å²) < 4.78 is 5.79. The van der Waals surface area contributed by atoms with Crippen LogP contribution in [0.5, 0.6) is 0 Å². The Labute approximate surface area is 151 Å². The van der Waals surface area contributed by atoms with Gasteiger partial charge in [0.15, 0.2) is 11.3 Å². The number of furan rings is 1. The van der Waals surface area contributed by atoms with Crippen molar-refractivity contribution >= 4 is 34.4 Å². The Morgan fingerprint density at radius 3 is 2.80 bits per heavy atom. The molecule has 2 amide bonds. The number of likely N-dealkylation sites (tertiary alicyclic amines) is 1. The Bertz CT molecular complexity index is 841. The summed E-state index contributed by atoms with van der Waals surface area (Å²) in [5, 5.41) is 4.40. The molecule has 2 fully saturated rings. The molecule has 1 aromatic carbocycles. The van der Waals surface area contributed by atoms with Crippen molar-refractivity contribution in [3.8, 4) is 0 Å². The number of nitrogens with one attached hydrogen (secondary N) is 1. The molecule has 5 nitrogen and oxygen atoms in total. The van der Waals surface area contributed by atoms with Crippen LogP contribution in [0, 0.1) is 12.8 Å². The first-order chi connectivity index (χ1) is 12.0. The van der Waals surface area contributed by atoms with Crippen LogP contribution in [0.4, 0.5) is 0 Å². The first-order valence-corrected chi connectivity index (χ1v) is 9.19. The molecule has 4 rings (SSSR count). The minimum atomic E-state index is -0.159. The highest BCUT2D eigenvalue weighted by Crippen LogP contribution is 2.32. The van der Waals surface area contributed by atoms with Gasteiger partial charge in [-0.1, -0.05) is 23.7 Å². The summed E-state index contributed by atoms with van der Waals surface area (Å²) in [6.45, 7) is 2.97. The first kappa shape index (κ1) is 16.5. The van der Waals surface area contributed by atoms with Crippen molar-refractivity contribution in [1.29, 1.82) is 0 Å². The van der Waals surface area contributed by atoms with Crippen molar-refractivity contribution in [1.82, 2.24) is 10.2 Å². The highest BCUT2D eigenvalue weighted by Gasteiger charge is 2.33. The molecule has 2 heterocycles. The lowest BCUT2D eigenvalue weighted by Gasteiger charge is -2.31. The zero-order chi connectivity index (χ0) is 17.6. The second-order valence-electron chi connectivity index (χ2n) is 7.05. The average Bonchev–Trinajstić information content (AvgIpc) is 3.37. The molecular weight excluding hydrogens is 340 g/mol. The fourth-order valence-electron chi connectivity index (χ4n) is 3.48. The molecule has 0 spiro atoms. The zero-order valence-corrected chi connectivity index (χ0v) is 14.9. The minimum Gasteiger partial charge on any atom is -0.449 e. The molecule has 0 radical (unpaired) electrons. The van der Waals surface area contributed by atoms with Gasteiger partial charge in [0.1, 0.15) is 0 Å². The lowest BCUT2D eigenvalue weighted by atomic mass is 9.96. The monoisotopic (exact) mass is 360 g/mol. The van der Waals surface area contributed by atoms with Gasteiger partial charge in [-0.25, -0.2) is 0 Å². The Morgan fingerprint density at radius 1 is 1.28 bits per heavy atom. The van der Waals surface area contributed by atoms with Crippen LogP contribution >= 0.6 is 11.6 Å². The predicted molar refractivity (Wildman–Crippen MR) is 95.8 cm³/mol. The third-order valence-electron chi connectivity index (χ3n) is 5.11. The maximum absolute atomic E-state index is 13.0. The smallest absolute Gasteiger partial charge is 0.289 e. The van der Waals surface area contributed by atoms with Crippen molar-refractivity contribution in [2.75, 3.05) is 13.1 Å². The molecule has 1 N–H and O–H groups in total. The SMILES string of the molecule is Cc1c(C(=O)N2CCC[C@H](C(=O)NC3CC3)C2)oc2c(Cl)cccc12. The second kappa shape index (κ2) is 6.37. The molecule has 6 heteroatoms. The first-order valence-electron chi connectivity index (χ1n) is 8.82. The third-order valence-corrected chi connectivity index (χ3v) is 5.41. The van der Waals surface area contributed by atoms with Crippen LogP contribution in [0.3, 0.4) is 0 Å². The molecule has 1 aliphatic carbocycles. The number of fused-ring (bicyclic) bond motifs is 1. The van der Waals surface area contributed by atoms with E-state index in [0.29, 0.717) is 35.5 Å². The molecule has 1 aromatic heterocycles. The molecule has 2 aromatic rings. The summed E-state index contributed by atoms with van der Waals surface area (Å²) in [6.07, 6.45) is 3.79. The number of amides is 2. The maximum Gasteiger partial charge on any atom is 0.289 e. The Kier molecular flexibility index (Phi) is 4.20. The average molecular weight is 361 g/mol. The fourth-order valence-corrected chi connectivity index (χ4v) is 3.69. The van der Waals surface area contributed by atoms with E-state index in [1.165, 1.54) is 0 Å². The number of nitrogens with zero attached hydrogens (tertiary/aromatic N) is 1. The normalized spacial score (nSPS) is 20.7. The Morgan fingerprint density at radius 2 is 2.08 bits per heavy atom. The number of para-hydroxylation sites is 1. The highest BCUT2D eigenvalue weighted by molar-refractivity contribution is 6.35. The van der Waals surface area contributed by atoms with Gasteiger partial charge in [0.25, 0.3) is 5.91 Å². The number of halogens is 1. The van der Waals surface area contributed by atoms with Crippen LogP contribution in [0.25, 0.3) is 11.0 Å². The van der Waals surface area contributed by atoms with Gasteiger partial charge in [0.05, 0.1) is 10.9 Å². The van der Waals surface area contributed by atoms with E-state index in [2.05, 4.69) is 5.32 Å². The van der Waals surface area contributed by atoms with Gasteiger partial charge in [0.2, 0.25) is 5.91 Å². The van der Waals surface area contributed by atoms with Crippen LogP contribution in [0.2, 0.25) is 5.02 Å². The fraction of sp³-hybridized carbons (Fsp3) is 0.474. The summed E-state index contributed by atoms with van der Waals surface area (Å²) in [5.41, 5.74) is 1.34. The van der Waals surface area contributed by atoms with Crippen LogP contribution in [-0.2, 0) is 4.79 Å². The molecule has 1 aliphatic heterocycles. The second-order valence-corrected chi connectivity index (χ2v) is 7.45. The number of rotatable bonds is 3. The van der Waals surface area contributed by atoms with E-state index in [0.717, 1.165) is 36.6 Å². The van der Waals surface area contributed by atoms with E-state index in [9.17, 15) is 9.59 Å². The number of hydrogen-bond donors (Lipinski definition) is 1. The van der Waals surface area contributed by atoms with Crippen molar-refractivity contribution < 1.29 is 14.0 Å². The van der Waals surface area contributed by atoms with E-state index in [4.69, 9.17) is 16.0 Å². The number of hydrogen-bond acceptors (Lipinski definition) is 3.